The molecule has 0 atom stereocenters. The molecule has 0 aliphatic heterocycles. The molecule has 0 bridgehead atoms. The first-order valence-electron chi connectivity index (χ1n) is 6.53. The van der Waals surface area contributed by atoms with Crippen molar-refractivity contribution in [1.82, 2.24) is 10.6 Å². The SMILES string of the molecule is CCOCCNC(=NC)NCCc1ccc(F)cc1. The van der Waals surface area contributed by atoms with Gasteiger partial charge in [0.15, 0.2) is 5.96 Å². The summed E-state index contributed by atoms with van der Waals surface area (Å²) in [5.41, 5.74) is 1.10. The summed E-state index contributed by atoms with van der Waals surface area (Å²) in [6.45, 7) is 4.83. The van der Waals surface area contributed by atoms with E-state index in [0.29, 0.717) is 6.61 Å². The Hall–Kier alpha value is -1.62. The molecule has 19 heavy (non-hydrogen) atoms. The van der Waals surface area contributed by atoms with Gasteiger partial charge in [-0.05, 0) is 31.0 Å². The number of benzene rings is 1. The molecular formula is C14H22FN3O. The lowest BCUT2D eigenvalue weighted by Gasteiger charge is -2.11. The van der Waals surface area contributed by atoms with Gasteiger partial charge in [0.05, 0.1) is 6.61 Å². The van der Waals surface area contributed by atoms with Gasteiger partial charge in [-0.1, -0.05) is 12.1 Å². The molecule has 0 aliphatic rings. The van der Waals surface area contributed by atoms with Gasteiger partial charge >= 0.3 is 0 Å². The number of ether oxygens (including phenoxy) is 1. The molecule has 0 aromatic heterocycles. The molecule has 0 aliphatic carbocycles. The minimum Gasteiger partial charge on any atom is -0.380 e. The number of rotatable bonds is 7. The van der Waals surface area contributed by atoms with Crippen LogP contribution in [-0.2, 0) is 11.2 Å². The van der Waals surface area contributed by atoms with Gasteiger partial charge in [0.2, 0.25) is 0 Å². The van der Waals surface area contributed by atoms with Gasteiger partial charge in [-0.3, -0.25) is 4.99 Å². The summed E-state index contributed by atoms with van der Waals surface area (Å²) >= 11 is 0. The quantitative estimate of drug-likeness (QED) is 0.448. The van der Waals surface area contributed by atoms with Gasteiger partial charge in [0.1, 0.15) is 5.82 Å². The Labute approximate surface area is 114 Å². The molecule has 0 saturated heterocycles. The highest BCUT2D eigenvalue weighted by Gasteiger charge is 1.98. The van der Waals surface area contributed by atoms with E-state index < -0.39 is 0 Å². The molecule has 0 fully saturated rings. The van der Waals surface area contributed by atoms with E-state index in [1.807, 2.05) is 6.92 Å². The minimum atomic E-state index is -0.204. The van der Waals surface area contributed by atoms with Crippen molar-refractivity contribution in [2.75, 3.05) is 33.4 Å². The Kier molecular flexibility index (Phi) is 7.58. The number of nitrogens with one attached hydrogen (secondary N) is 2. The Morgan fingerprint density at radius 2 is 1.89 bits per heavy atom. The van der Waals surface area contributed by atoms with Crippen LogP contribution in [0.15, 0.2) is 29.3 Å². The van der Waals surface area contributed by atoms with Crippen LogP contribution in [0.4, 0.5) is 4.39 Å². The summed E-state index contributed by atoms with van der Waals surface area (Å²) in [6, 6.07) is 6.54. The lowest BCUT2D eigenvalue weighted by Crippen LogP contribution is -2.39. The molecule has 0 saturated carbocycles. The highest BCUT2D eigenvalue weighted by atomic mass is 19.1. The molecule has 0 spiro atoms. The van der Waals surface area contributed by atoms with Gasteiger partial charge in [-0.2, -0.15) is 0 Å². The molecule has 1 rings (SSSR count). The summed E-state index contributed by atoms with van der Waals surface area (Å²) in [6.07, 6.45) is 0.826. The Balaban J connectivity index is 2.20. The van der Waals surface area contributed by atoms with Crippen LogP contribution in [0.1, 0.15) is 12.5 Å². The number of aliphatic imine (C=N–C) groups is 1. The van der Waals surface area contributed by atoms with Crippen molar-refractivity contribution in [3.05, 3.63) is 35.6 Å². The highest BCUT2D eigenvalue weighted by Crippen LogP contribution is 2.02. The zero-order valence-electron chi connectivity index (χ0n) is 11.6. The van der Waals surface area contributed by atoms with E-state index in [0.717, 1.165) is 37.6 Å². The fourth-order valence-corrected chi connectivity index (χ4v) is 1.58. The molecule has 106 valence electrons. The standard InChI is InChI=1S/C14H22FN3O/c1-3-19-11-10-18-14(16-2)17-9-8-12-4-6-13(15)7-5-12/h4-7H,3,8-11H2,1-2H3,(H2,16,17,18). The van der Waals surface area contributed by atoms with Crippen molar-refractivity contribution in [1.29, 1.82) is 0 Å². The summed E-state index contributed by atoms with van der Waals surface area (Å²) < 4.78 is 18.0. The lowest BCUT2D eigenvalue weighted by molar-refractivity contribution is 0.152. The fraction of sp³-hybridized carbons (Fsp3) is 0.500. The second-order valence-corrected chi connectivity index (χ2v) is 4.00. The van der Waals surface area contributed by atoms with Crippen molar-refractivity contribution in [2.24, 2.45) is 4.99 Å². The number of hydrogen-bond donors (Lipinski definition) is 2. The maximum atomic E-state index is 12.7. The second-order valence-electron chi connectivity index (χ2n) is 4.00. The molecular weight excluding hydrogens is 245 g/mol. The zero-order valence-corrected chi connectivity index (χ0v) is 11.6. The largest absolute Gasteiger partial charge is 0.380 e. The van der Waals surface area contributed by atoms with Crippen LogP contribution in [-0.4, -0.2) is 39.3 Å². The van der Waals surface area contributed by atoms with Crippen molar-refractivity contribution in [3.8, 4) is 0 Å². The lowest BCUT2D eigenvalue weighted by atomic mass is 10.1. The van der Waals surface area contributed by atoms with E-state index in [4.69, 9.17) is 4.74 Å². The van der Waals surface area contributed by atoms with E-state index >= 15 is 0 Å². The van der Waals surface area contributed by atoms with Crippen molar-refractivity contribution < 1.29 is 9.13 Å². The monoisotopic (exact) mass is 267 g/mol. The molecule has 0 heterocycles. The van der Waals surface area contributed by atoms with Crippen molar-refractivity contribution >= 4 is 5.96 Å². The summed E-state index contributed by atoms with van der Waals surface area (Å²) in [5, 5.41) is 6.35. The van der Waals surface area contributed by atoms with Crippen molar-refractivity contribution in [3.63, 3.8) is 0 Å². The van der Waals surface area contributed by atoms with Crippen molar-refractivity contribution in [2.45, 2.75) is 13.3 Å². The number of hydrogen-bond acceptors (Lipinski definition) is 2. The predicted octanol–water partition coefficient (Wildman–Crippen LogP) is 1.57. The smallest absolute Gasteiger partial charge is 0.191 e. The molecule has 0 amide bonds. The minimum absolute atomic E-state index is 0.204. The Morgan fingerprint density at radius 1 is 1.21 bits per heavy atom. The van der Waals surface area contributed by atoms with Crippen LogP contribution < -0.4 is 10.6 Å². The Bertz CT molecular complexity index is 379. The average Bonchev–Trinajstić information content (AvgIpc) is 2.43. The fourth-order valence-electron chi connectivity index (χ4n) is 1.58. The van der Waals surface area contributed by atoms with Crippen LogP contribution in [0.5, 0.6) is 0 Å². The molecule has 0 unspecified atom stereocenters. The molecule has 5 heteroatoms. The normalized spacial score (nSPS) is 11.4. The van der Waals surface area contributed by atoms with Gasteiger partial charge in [-0.15, -0.1) is 0 Å². The van der Waals surface area contributed by atoms with Crippen LogP contribution in [0.3, 0.4) is 0 Å². The number of guanidine groups is 1. The first kappa shape index (κ1) is 15.4. The summed E-state index contributed by atoms with van der Waals surface area (Å²) in [4.78, 5) is 4.11. The third kappa shape index (κ3) is 6.76. The predicted molar refractivity (Wildman–Crippen MR) is 76.0 cm³/mol. The summed E-state index contributed by atoms with van der Waals surface area (Å²) in [5.74, 6) is 0.548. The molecule has 4 nitrogen and oxygen atoms in total. The average molecular weight is 267 g/mol. The molecule has 1 aromatic rings. The van der Waals surface area contributed by atoms with E-state index in [-0.39, 0.29) is 5.82 Å². The first-order valence-corrected chi connectivity index (χ1v) is 6.53. The third-order valence-corrected chi connectivity index (χ3v) is 2.59. The van der Waals surface area contributed by atoms with E-state index in [1.54, 1.807) is 19.2 Å². The van der Waals surface area contributed by atoms with Crippen LogP contribution in [0.25, 0.3) is 0 Å². The van der Waals surface area contributed by atoms with Crippen LogP contribution >= 0.6 is 0 Å². The molecule has 0 radical (unpaired) electrons. The van der Waals surface area contributed by atoms with Gasteiger partial charge in [0, 0.05) is 26.7 Å². The number of halogens is 1. The van der Waals surface area contributed by atoms with E-state index in [9.17, 15) is 4.39 Å². The first-order chi connectivity index (χ1) is 9.26. The van der Waals surface area contributed by atoms with E-state index in [1.165, 1.54) is 12.1 Å². The third-order valence-electron chi connectivity index (χ3n) is 2.59. The molecule has 1 aromatic carbocycles. The molecule has 2 N–H and O–H groups in total. The summed E-state index contributed by atoms with van der Waals surface area (Å²) in [7, 11) is 1.73. The maximum absolute atomic E-state index is 12.7. The van der Waals surface area contributed by atoms with E-state index in [2.05, 4.69) is 15.6 Å². The van der Waals surface area contributed by atoms with Gasteiger partial charge in [-0.25, -0.2) is 4.39 Å². The van der Waals surface area contributed by atoms with Gasteiger partial charge in [0.25, 0.3) is 0 Å². The highest BCUT2D eigenvalue weighted by molar-refractivity contribution is 5.79. The number of nitrogens with zero attached hydrogens (tertiary/aromatic N) is 1. The van der Waals surface area contributed by atoms with Crippen LogP contribution in [0, 0.1) is 5.82 Å². The topological polar surface area (TPSA) is 45.6 Å². The maximum Gasteiger partial charge on any atom is 0.191 e. The van der Waals surface area contributed by atoms with Crippen LogP contribution in [0.2, 0.25) is 0 Å². The second kappa shape index (κ2) is 9.33. The van der Waals surface area contributed by atoms with Gasteiger partial charge < -0.3 is 15.4 Å². The zero-order chi connectivity index (χ0) is 13.9. The Morgan fingerprint density at radius 3 is 2.53 bits per heavy atom.